The van der Waals surface area contributed by atoms with E-state index in [0.717, 1.165) is 0 Å². The number of nitrogens with zero attached hydrogens (tertiary/aromatic N) is 1. The number of hydrogen-bond donors (Lipinski definition) is 2. The lowest BCUT2D eigenvalue weighted by Crippen LogP contribution is -2.42. The standard InChI is InChI=1S/C14H21N3O3/c1-3-16-13(18)9-17(4-2)14(19)10-20-12-7-5-6-11(15)8-12/h5-8H,3-4,9-10,15H2,1-2H3,(H,16,18). The van der Waals surface area contributed by atoms with Gasteiger partial charge in [-0.05, 0) is 26.0 Å². The molecule has 0 unspecified atom stereocenters. The molecule has 0 atom stereocenters. The van der Waals surface area contributed by atoms with Crippen molar-refractivity contribution in [2.75, 3.05) is 32.0 Å². The number of carbonyl (C=O) groups is 2. The van der Waals surface area contributed by atoms with Gasteiger partial charge in [-0.2, -0.15) is 0 Å². The molecule has 6 nitrogen and oxygen atoms in total. The number of hydrogen-bond acceptors (Lipinski definition) is 4. The third-order valence-corrected chi connectivity index (χ3v) is 2.66. The van der Waals surface area contributed by atoms with Crippen molar-refractivity contribution < 1.29 is 14.3 Å². The molecule has 3 N–H and O–H groups in total. The Hall–Kier alpha value is -2.24. The lowest BCUT2D eigenvalue weighted by molar-refractivity contribution is -0.137. The molecule has 0 saturated carbocycles. The number of likely N-dealkylation sites (N-methyl/N-ethyl adjacent to an activating group) is 2. The highest BCUT2D eigenvalue weighted by atomic mass is 16.5. The number of nitrogens with two attached hydrogens (primary N) is 1. The van der Waals surface area contributed by atoms with E-state index in [1.165, 1.54) is 4.90 Å². The molecule has 0 aliphatic carbocycles. The fourth-order valence-electron chi connectivity index (χ4n) is 1.64. The maximum absolute atomic E-state index is 12.0. The van der Waals surface area contributed by atoms with Crippen LogP contribution in [0.5, 0.6) is 5.75 Å². The lowest BCUT2D eigenvalue weighted by atomic mass is 10.3. The largest absolute Gasteiger partial charge is 0.484 e. The van der Waals surface area contributed by atoms with Crippen molar-refractivity contribution in [2.24, 2.45) is 0 Å². The Labute approximate surface area is 118 Å². The zero-order chi connectivity index (χ0) is 15.0. The molecule has 1 aromatic rings. The van der Waals surface area contributed by atoms with E-state index in [-0.39, 0.29) is 25.0 Å². The Kier molecular flexibility index (Phi) is 6.36. The molecular formula is C14H21N3O3. The summed E-state index contributed by atoms with van der Waals surface area (Å²) in [6.45, 7) is 4.58. The minimum Gasteiger partial charge on any atom is -0.484 e. The highest BCUT2D eigenvalue weighted by Crippen LogP contribution is 2.14. The maximum Gasteiger partial charge on any atom is 0.260 e. The normalized spacial score (nSPS) is 9.90. The predicted molar refractivity (Wildman–Crippen MR) is 77.3 cm³/mol. The van der Waals surface area contributed by atoms with E-state index in [4.69, 9.17) is 10.5 Å². The smallest absolute Gasteiger partial charge is 0.260 e. The van der Waals surface area contributed by atoms with Crippen molar-refractivity contribution in [1.29, 1.82) is 0 Å². The van der Waals surface area contributed by atoms with Gasteiger partial charge in [-0.25, -0.2) is 0 Å². The molecule has 110 valence electrons. The monoisotopic (exact) mass is 279 g/mol. The van der Waals surface area contributed by atoms with Crippen LogP contribution in [0.25, 0.3) is 0 Å². The van der Waals surface area contributed by atoms with Crippen molar-refractivity contribution in [1.82, 2.24) is 10.2 Å². The Morgan fingerprint density at radius 2 is 2.10 bits per heavy atom. The molecule has 0 saturated heterocycles. The summed E-state index contributed by atoms with van der Waals surface area (Å²) in [6, 6.07) is 6.86. The van der Waals surface area contributed by atoms with Gasteiger partial charge in [-0.15, -0.1) is 0 Å². The summed E-state index contributed by atoms with van der Waals surface area (Å²) >= 11 is 0. The van der Waals surface area contributed by atoms with Gasteiger partial charge in [0.1, 0.15) is 5.75 Å². The minimum atomic E-state index is -0.235. The molecule has 1 aromatic carbocycles. The minimum absolute atomic E-state index is 0.0451. The second-order valence-corrected chi connectivity index (χ2v) is 4.22. The van der Waals surface area contributed by atoms with E-state index in [0.29, 0.717) is 24.5 Å². The Bertz CT molecular complexity index is 463. The maximum atomic E-state index is 12.0. The van der Waals surface area contributed by atoms with Gasteiger partial charge >= 0.3 is 0 Å². The van der Waals surface area contributed by atoms with Gasteiger partial charge in [0.05, 0.1) is 6.54 Å². The molecule has 20 heavy (non-hydrogen) atoms. The Morgan fingerprint density at radius 1 is 1.35 bits per heavy atom. The molecule has 2 amide bonds. The van der Waals surface area contributed by atoms with Crippen molar-refractivity contribution >= 4 is 17.5 Å². The third-order valence-electron chi connectivity index (χ3n) is 2.66. The first-order valence-electron chi connectivity index (χ1n) is 6.59. The first kappa shape index (κ1) is 15.8. The molecule has 0 heterocycles. The number of benzene rings is 1. The zero-order valence-electron chi connectivity index (χ0n) is 11.9. The van der Waals surface area contributed by atoms with Crippen molar-refractivity contribution in [3.05, 3.63) is 24.3 Å². The van der Waals surface area contributed by atoms with Crippen LogP contribution < -0.4 is 15.8 Å². The zero-order valence-corrected chi connectivity index (χ0v) is 11.9. The quantitative estimate of drug-likeness (QED) is 0.717. The molecule has 0 aromatic heterocycles. The molecule has 0 bridgehead atoms. The summed E-state index contributed by atoms with van der Waals surface area (Å²) in [4.78, 5) is 24.9. The van der Waals surface area contributed by atoms with Crippen molar-refractivity contribution in [3.8, 4) is 5.75 Å². The fraction of sp³-hybridized carbons (Fsp3) is 0.429. The van der Waals surface area contributed by atoms with Crippen LogP contribution in [0.3, 0.4) is 0 Å². The van der Waals surface area contributed by atoms with Gasteiger partial charge in [0.15, 0.2) is 6.61 Å². The van der Waals surface area contributed by atoms with Crippen molar-refractivity contribution in [3.63, 3.8) is 0 Å². The number of ether oxygens (including phenoxy) is 1. The lowest BCUT2D eigenvalue weighted by Gasteiger charge is -2.20. The highest BCUT2D eigenvalue weighted by molar-refractivity contribution is 5.85. The average molecular weight is 279 g/mol. The number of anilines is 1. The Morgan fingerprint density at radius 3 is 2.70 bits per heavy atom. The summed E-state index contributed by atoms with van der Waals surface area (Å²) in [7, 11) is 0. The fourth-order valence-corrected chi connectivity index (χ4v) is 1.64. The van der Waals surface area contributed by atoms with E-state index in [9.17, 15) is 9.59 Å². The SMILES string of the molecule is CCNC(=O)CN(CC)C(=O)COc1cccc(N)c1. The third kappa shape index (κ3) is 5.17. The van der Waals surface area contributed by atoms with Crippen LogP contribution in [0.4, 0.5) is 5.69 Å². The van der Waals surface area contributed by atoms with Crippen LogP contribution in [0.2, 0.25) is 0 Å². The number of rotatable bonds is 7. The van der Waals surface area contributed by atoms with Crippen LogP contribution in [0.15, 0.2) is 24.3 Å². The van der Waals surface area contributed by atoms with Gasteiger partial charge in [0, 0.05) is 24.8 Å². The number of carbonyl (C=O) groups excluding carboxylic acids is 2. The average Bonchev–Trinajstić information content (AvgIpc) is 2.42. The van der Waals surface area contributed by atoms with Gasteiger partial charge < -0.3 is 20.7 Å². The second-order valence-electron chi connectivity index (χ2n) is 4.22. The molecule has 0 fully saturated rings. The van der Waals surface area contributed by atoms with Crippen LogP contribution >= 0.6 is 0 Å². The van der Waals surface area contributed by atoms with Crippen LogP contribution in [0, 0.1) is 0 Å². The van der Waals surface area contributed by atoms with E-state index in [1.54, 1.807) is 24.3 Å². The van der Waals surface area contributed by atoms with Crippen LogP contribution in [-0.2, 0) is 9.59 Å². The Balaban J connectivity index is 2.49. The van der Waals surface area contributed by atoms with E-state index in [2.05, 4.69) is 5.32 Å². The van der Waals surface area contributed by atoms with E-state index >= 15 is 0 Å². The van der Waals surface area contributed by atoms with Crippen LogP contribution in [-0.4, -0.2) is 43.0 Å². The van der Waals surface area contributed by atoms with Crippen molar-refractivity contribution in [2.45, 2.75) is 13.8 Å². The molecular weight excluding hydrogens is 258 g/mol. The van der Waals surface area contributed by atoms with Crippen LogP contribution in [0.1, 0.15) is 13.8 Å². The summed E-state index contributed by atoms with van der Waals surface area (Å²) < 4.78 is 5.37. The summed E-state index contributed by atoms with van der Waals surface area (Å²) in [6.07, 6.45) is 0. The summed E-state index contributed by atoms with van der Waals surface area (Å²) in [5.74, 6) is 0.125. The van der Waals surface area contributed by atoms with E-state index in [1.807, 2.05) is 13.8 Å². The summed E-state index contributed by atoms with van der Waals surface area (Å²) in [5, 5.41) is 2.66. The van der Waals surface area contributed by atoms with Gasteiger partial charge in [-0.3, -0.25) is 9.59 Å². The van der Waals surface area contributed by atoms with Gasteiger partial charge in [0.2, 0.25) is 5.91 Å². The molecule has 6 heteroatoms. The highest BCUT2D eigenvalue weighted by Gasteiger charge is 2.15. The van der Waals surface area contributed by atoms with Gasteiger partial charge in [0.25, 0.3) is 5.91 Å². The topological polar surface area (TPSA) is 84.7 Å². The summed E-state index contributed by atoms with van der Waals surface area (Å²) in [5.41, 5.74) is 6.20. The number of amides is 2. The van der Waals surface area contributed by atoms with E-state index < -0.39 is 0 Å². The predicted octanol–water partition coefficient (Wildman–Crippen LogP) is 0.632. The first-order chi connectivity index (χ1) is 9.56. The molecule has 0 spiro atoms. The molecule has 0 aliphatic rings. The second kappa shape index (κ2) is 8.04. The number of nitrogen functional groups attached to an aromatic ring is 1. The molecule has 0 aliphatic heterocycles. The van der Waals surface area contributed by atoms with Gasteiger partial charge in [-0.1, -0.05) is 6.07 Å². The molecule has 0 radical (unpaired) electrons. The first-order valence-corrected chi connectivity index (χ1v) is 6.59. The molecule has 1 rings (SSSR count). The number of nitrogens with one attached hydrogen (secondary N) is 1.